The molecule has 4 heteroatoms. The van der Waals surface area contributed by atoms with Crippen LogP contribution in [0.3, 0.4) is 0 Å². The van der Waals surface area contributed by atoms with E-state index in [1.54, 1.807) is 6.20 Å². The number of hydrazine groups is 1. The van der Waals surface area contributed by atoms with Crippen LogP contribution < -0.4 is 11.3 Å². The Labute approximate surface area is 106 Å². The van der Waals surface area contributed by atoms with Gasteiger partial charge >= 0.3 is 0 Å². The molecule has 1 atom stereocenters. The molecule has 0 spiro atoms. The summed E-state index contributed by atoms with van der Waals surface area (Å²) in [5.41, 5.74) is 4.35. The summed E-state index contributed by atoms with van der Waals surface area (Å²) in [6, 6.07) is 2.37. The van der Waals surface area contributed by atoms with Crippen LogP contribution >= 0.6 is 15.9 Å². The molecule has 0 fully saturated rings. The summed E-state index contributed by atoms with van der Waals surface area (Å²) in [6.45, 7) is 6.66. The molecule has 0 aliphatic carbocycles. The van der Waals surface area contributed by atoms with Crippen molar-refractivity contribution in [3.05, 3.63) is 28.5 Å². The van der Waals surface area contributed by atoms with Gasteiger partial charge in [-0.05, 0) is 45.8 Å². The molecule has 0 aromatic carbocycles. The first-order valence-electron chi connectivity index (χ1n) is 5.46. The summed E-state index contributed by atoms with van der Waals surface area (Å²) >= 11 is 3.42. The molecule has 1 rings (SSSR count). The Morgan fingerprint density at radius 3 is 2.62 bits per heavy atom. The minimum Gasteiger partial charge on any atom is -0.271 e. The topological polar surface area (TPSA) is 50.9 Å². The molecule has 3 nitrogen and oxygen atoms in total. The summed E-state index contributed by atoms with van der Waals surface area (Å²) in [5, 5.41) is 0. The molecule has 0 aliphatic rings. The highest BCUT2D eigenvalue weighted by Gasteiger charge is 2.18. The number of halogens is 1. The third-order valence-corrected chi connectivity index (χ3v) is 2.77. The van der Waals surface area contributed by atoms with Crippen LogP contribution in [0.4, 0.5) is 0 Å². The molecule has 0 radical (unpaired) electrons. The highest BCUT2D eigenvalue weighted by atomic mass is 79.9. The predicted octanol–water partition coefficient (Wildman–Crippen LogP) is 2.65. The van der Waals surface area contributed by atoms with Crippen LogP contribution in [0.25, 0.3) is 0 Å². The molecule has 1 unspecified atom stereocenters. The van der Waals surface area contributed by atoms with Gasteiger partial charge in [-0.15, -0.1) is 0 Å². The van der Waals surface area contributed by atoms with E-state index in [1.165, 1.54) is 5.56 Å². The predicted molar refractivity (Wildman–Crippen MR) is 70.8 cm³/mol. The normalized spacial score (nSPS) is 13.8. The average molecular weight is 286 g/mol. The molecule has 0 aliphatic heterocycles. The van der Waals surface area contributed by atoms with Gasteiger partial charge in [-0.2, -0.15) is 0 Å². The van der Waals surface area contributed by atoms with Crippen LogP contribution in [0.1, 0.15) is 32.8 Å². The smallest absolute Gasteiger partial charge is 0.0410 e. The maximum atomic E-state index is 5.58. The lowest BCUT2D eigenvalue weighted by Crippen LogP contribution is -2.39. The molecule has 0 bridgehead atoms. The van der Waals surface area contributed by atoms with Crippen LogP contribution in [-0.4, -0.2) is 11.0 Å². The van der Waals surface area contributed by atoms with Crippen molar-refractivity contribution in [1.82, 2.24) is 10.4 Å². The highest BCUT2D eigenvalue weighted by molar-refractivity contribution is 9.10. The van der Waals surface area contributed by atoms with Crippen molar-refractivity contribution in [2.45, 2.75) is 39.7 Å². The quantitative estimate of drug-likeness (QED) is 0.661. The minimum atomic E-state index is 0.274. The fourth-order valence-corrected chi connectivity index (χ4v) is 2.19. The Morgan fingerprint density at radius 1 is 1.44 bits per heavy atom. The number of hydrogen-bond acceptors (Lipinski definition) is 3. The van der Waals surface area contributed by atoms with Gasteiger partial charge in [0.05, 0.1) is 0 Å². The molecule has 90 valence electrons. The summed E-state index contributed by atoms with van der Waals surface area (Å²) in [6.07, 6.45) is 5.62. The number of nitrogens with zero attached hydrogens (tertiary/aromatic N) is 1. The van der Waals surface area contributed by atoms with Gasteiger partial charge in [-0.25, -0.2) is 0 Å². The zero-order valence-corrected chi connectivity index (χ0v) is 11.7. The third kappa shape index (κ3) is 5.05. The molecule has 16 heavy (non-hydrogen) atoms. The Balaban J connectivity index is 2.63. The number of aromatic nitrogens is 1. The zero-order valence-electron chi connectivity index (χ0n) is 10.1. The van der Waals surface area contributed by atoms with E-state index in [4.69, 9.17) is 5.84 Å². The van der Waals surface area contributed by atoms with Crippen molar-refractivity contribution in [2.24, 2.45) is 11.3 Å². The Bertz CT molecular complexity index is 333. The highest BCUT2D eigenvalue weighted by Crippen LogP contribution is 2.22. The van der Waals surface area contributed by atoms with E-state index >= 15 is 0 Å². The Kier molecular flexibility index (Phi) is 4.89. The molecular weight excluding hydrogens is 266 g/mol. The lowest BCUT2D eigenvalue weighted by molar-refractivity contribution is 0.308. The van der Waals surface area contributed by atoms with Crippen LogP contribution in [-0.2, 0) is 6.42 Å². The van der Waals surface area contributed by atoms with Gasteiger partial charge in [0.25, 0.3) is 0 Å². The maximum absolute atomic E-state index is 5.58. The number of nitrogens with two attached hydrogens (primary N) is 1. The molecule has 1 aromatic heterocycles. The van der Waals surface area contributed by atoms with Gasteiger partial charge in [0.15, 0.2) is 0 Å². The molecule has 3 N–H and O–H groups in total. The van der Waals surface area contributed by atoms with E-state index < -0.39 is 0 Å². The first-order valence-corrected chi connectivity index (χ1v) is 6.25. The Morgan fingerprint density at radius 2 is 2.12 bits per heavy atom. The van der Waals surface area contributed by atoms with Crippen molar-refractivity contribution < 1.29 is 0 Å². The SMILES string of the molecule is CC(C)(C)CC(Cc1cncc(Br)c1)NN. The van der Waals surface area contributed by atoms with Crippen molar-refractivity contribution in [2.75, 3.05) is 0 Å². The first-order chi connectivity index (χ1) is 7.40. The van der Waals surface area contributed by atoms with E-state index in [-0.39, 0.29) is 11.5 Å². The van der Waals surface area contributed by atoms with E-state index in [1.807, 2.05) is 6.20 Å². The molecule has 1 heterocycles. The number of nitrogens with one attached hydrogen (secondary N) is 1. The molecule has 0 saturated carbocycles. The monoisotopic (exact) mass is 285 g/mol. The van der Waals surface area contributed by atoms with Gasteiger partial charge < -0.3 is 0 Å². The van der Waals surface area contributed by atoms with Gasteiger partial charge in [0, 0.05) is 22.9 Å². The van der Waals surface area contributed by atoms with E-state index in [0.717, 1.165) is 17.3 Å². The number of pyridine rings is 1. The van der Waals surface area contributed by atoms with Gasteiger partial charge in [0.1, 0.15) is 0 Å². The third-order valence-electron chi connectivity index (χ3n) is 2.34. The average Bonchev–Trinajstić information content (AvgIpc) is 2.14. The first kappa shape index (κ1) is 13.6. The van der Waals surface area contributed by atoms with Crippen molar-refractivity contribution in [3.8, 4) is 0 Å². The second-order valence-corrected chi connectivity index (χ2v) is 6.26. The summed E-state index contributed by atoms with van der Waals surface area (Å²) in [4.78, 5) is 4.15. The van der Waals surface area contributed by atoms with Gasteiger partial charge in [0.2, 0.25) is 0 Å². The Hall–Kier alpha value is -0.450. The van der Waals surface area contributed by atoms with Crippen LogP contribution in [0.2, 0.25) is 0 Å². The molecule has 1 aromatic rings. The maximum Gasteiger partial charge on any atom is 0.0410 e. The van der Waals surface area contributed by atoms with Crippen molar-refractivity contribution in [3.63, 3.8) is 0 Å². The van der Waals surface area contributed by atoms with Crippen LogP contribution in [0.5, 0.6) is 0 Å². The fourth-order valence-electron chi connectivity index (χ4n) is 1.78. The fraction of sp³-hybridized carbons (Fsp3) is 0.583. The lowest BCUT2D eigenvalue weighted by Gasteiger charge is -2.25. The molecule has 0 saturated heterocycles. The summed E-state index contributed by atoms with van der Waals surface area (Å²) in [7, 11) is 0. The van der Waals surface area contributed by atoms with E-state index in [9.17, 15) is 0 Å². The van der Waals surface area contributed by atoms with Gasteiger partial charge in [-0.3, -0.25) is 16.3 Å². The van der Waals surface area contributed by atoms with Crippen molar-refractivity contribution >= 4 is 15.9 Å². The summed E-state index contributed by atoms with van der Waals surface area (Å²) in [5.74, 6) is 5.58. The zero-order chi connectivity index (χ0) is 12.2. The largest absolute Gasteiger partial charge is 0.271 e. The number of rotatable bonds is 4. The molecule has 0 amide bonds. The second kappa shape index (κ2) is 5.75. The van der Waals surface area contributed by atoms with Crippen molar-refractivity contribution in [1.29, 1.82) is 0 Å². The summed E-state index contributed by atoms with van der Waals surface area (Å²) < 4.78 is 1.01. The van der Waals surface area contributed by atoms with Gasteiger partial charge in [-0.1, -0.05) is 20.8 Å². The van der Waals surface area contributed by atoms with E-state index in [2.05, 4.69) is 53.2 Å². The second-order valence-electron chi connectivity index (χ2n) is 5.34. The minimum absolute atomic E-state index is 0.274. The molecular formula is C12H20BrN3. The van der Waals surface area contributed by atoms with E-state index in [0.29, 0.717) is 0 Å². The standard InChI is InChI=1S/C12H20BrN3/c1-12(2,3)6-11(16-14)5-9-4-10(13)8-15-7-9/h4,7-8,11,16H,5-6,14H2,1-3H3. The number of hydrogen-bond donors (Lipinski definition) is 2. The van der Waals surface area contributed by atoms with Crippen LogP contribution in [0, 0.1) is 5.41 Å². The lowest BCUT2D eigenvalue weighted by atomic mass is 9.86. The van der Waals surface area contributed by atoms with Crippen LogP contribution in [0.15, 0.2) is 22.9 Å².